The summed E-state index contributed by atoms with van der Waals surface area (Å²) < 4.78 is 0. The number of piperidine rings is 3. The summed E-state index contributed by atoms with van der Waals surface area (Å²) in [5.74, 6) is 1.51. The van der Waals surface area contributed by atoms with Crippen LogP contribution < -0.4 is 5.73 Å². The molecule has 2 aromatic rings. The molecule has 3 aliphatic rings. The highest BCUT2D eigenvalue weighted by molar-refractivity contribution is 5.84. The maximum atomic E-state index is 6.03. The van der Waals surface area contributed by atoms with Crippen molar-refractivity contribution in [2.24, 2.45) is 11.7 Å². The molecular weight excluding hydrogens is 234 g/mol. The lowest BCUT2D eigenvalue weighted by Crippen LogP contribution is -2.46. The molecule has 1 atom stereocenters. The Hall–Kier alpha value is -1.32. The first kappa shape index (κ1) is 11.5. The molecule has 3 saturated heterocycles. The molecule has 19 heavy (non-hydrogen) atoms. The number of aromatic amines is 1. The highest BCUT2D eigenvalue weighted by Gasteiger charge is 2.36. The van der Waals surface area contributed by atoms with E-state index in [4.69, 9.17) is 5.73 Å². The summed E-state index contributed by atoms with van der Waals surface area (Å²) in [4.78, 5) is 6.27. The van der Waals surface area contributed by atoms with Crippen molar-refractivity contribution in [3.63, 3.8) is 0 Å². The van der Waals surface area contributed by atoms with Gasteiger partial charge in [-0.2, -0.15) is 0 Å². The first-order chi connectivity index (χ1) is 9.36. The van der Waals surface area contributed by atoms with Gasteiger partial charge in [-0.15, -0.1) is 0 Å². The van der Waals surface area contributed by atoms with Crippen molar-refractivity contribution in [2.75, 3.05) is 19.6 Å². The molecule has 5 rings (SSSR count). The Kier molecular flexibility index (Phi) is 2.64. The van der Waals surface area contributed by atoms with E-state index in [9.17, 15) is 0 Å². The van der Waals surface area contributed by atoms with Gasteiger partial charge in [-0.05, 0) is 43.5 Å². The van der Waals surface area contributed by atoms with Gasteiger partial charge in [0.15, 0.2) is 0 Å². The maximum Gasteiger partial charge on any atom is 0.0459 e. The molecular formula is C16H21N3. The molecule has 3 heteroatoms. The third-order valence-electron chi connectivity index (χ3n) is 5.08. The molecule has 0 radical (unpaired) electrons. The van der Waals surface area contributed by atoms with Gasteiger partial charge in [-0.3, -0.25) is 0 Å². The van der Waals surface area contributed by atoms with Gasteiger partial charge in [0, 0.05) is 35.6 Å². The molecule has 0 saturated carbocycles. The summed E-state index contributed by atoms with van der Waals surface area (Å²) in [5, 5.41) is 1.32. The van der Waals surface area contributed by atoms with E-state index >= 15 is 0 Å². The van der Waals surface area contributed by atoms with Crippen LogP contribution in [0.3, 0.4) is 0 Å². The fraction of sp³-hybridized carbons (Fsp3) is 0.500. The number of aromatic nitrogens is 1. The fourth-order valence-corrected chi connectivity index (χ4v) is 4.05. The third-order valence-corrected chi connectivity index (χ3v) is 5.08. The van der Waals surface area contributed by atoms with Crippen molar-refractivity contribution in [1.82, 2.24) is 9.88 Å². The second kappa shape index (κ2) is 4.36. The van der Waals surface area contributed by atoms with E-state index in [1.165, 1.54) is 54.6 Å². The number of fused-ring (bicyclic) bond motifs is 4. The zero-order chi connectivity index (χ0) is 12.8. The van der Waals surface area contributed by atoms with Gasteiger partial charge in [0.25, 0.3) is 0 Å². The Morgan fingerprint density at radius 2 is 2.00 bits per heavy atom. The number of nitrogens with one attached hydrogen (secondary N) is 1. The molecule has 3 aliphatic heterocycles. The standard InChI is InChI=1S/C16H21N3/c17-9-13-12-3-1-2-4-15(12)18-16(13)14-10-19-7-5-11(14)6-8-19/h1-4,11,14,18H,5-10,17H2. The van der Waals surface area contributed by atoms with Crippen molar-refractivity contribution < 1.29 is 0 Å². The molecule has 0 aliphatic carbocycles. The number of nitrogens with zero attached hydrogens (tertiary/aromatic N) is 1. The van der Waals surface area contributed by atoms with Crippen molar-refractivity contribution in [3.05, 3.63) is 35.5 Å². The average Bonchev–Trinajstić information content (AvgIpc) is 2.86. The molecule has 4 heterocycles. The number of benzene rings is 1. The van der Waals surface area contributed by atoms with E-state index in [2.05, 4.69) is 34.1 Å². The van der Waals surface area contributed by atoms with Crippen molar-refractivity contribution >= 4 is 10.9 Å². The quantitative estimate of drug-likeness (QED) is 0.865. The number of nitrogens with two attached hydrogens (primary N) is 1. The Morgan fingerprint density at radius 3 is 2.68 bits per heavy atom. The molecule has 1 unspecified atom stereocenters. The number of hydrogen-bond donors (Lipinski definition) is 2. The molecule has 100 valence electrons. The fourth-order valence-electron chi connectivity index (χ4n) is 4.05. The predicted octanol–water partition coefficient (Wildman–Crippen LogP) is 2.44. The lowest BCUT2D eigenvalue weighted by Gasteiger charge is -2.44. The number of H-pyrrole nitrogens is 1. The van der Waals surface area contributed by atoms with E-state index in [1.54, 1.807) is 0 Å². The summed E-state index contributed by atoms with van der Waals surface area (Å²) in [6.07, 6.45) is 2.70. The minimum Gasteiger partial charge on any atom is -0.358 e. The predicted molar refractivity (Wildman–Crippen MR) is 78.1 cm³/mol. The highest BCUT2D eigenvalue weighted by Crippen LogP contribution is 2.41. The lowest BCUT2D eigenvalue weighted by molar-refractivity contribution is 0.0854. The van der Waals surface area contributed by atoms with Gasteiger partial charge in [-0.25, -0.2) is 0 Å². The van der Waals surface area contributed by atoms with Crippen molar-refractivity contribution in [1.29, 1.82) is 0 Å². The first-order valence-corrected chi connectivity index (χ1v) is 7.38. The summed E-state index contributed by atoms with van der Waals surface area (Å²) in [7, 11) is 0. The Balaban J connectivity index is 1.82. The highest BCUT2D eigenvalue weighted by atomic mass is 15.1. The van der Waals surface area contributed by atoms with Crippen LogP contribution >= 0.6 is 0 Å². The van der Waals surface area contributed by atoms with Crippen LogP contribution in [-0.4, -0.2) is 29.5 Å². The Bertz CT molecular complexity index is 593. The Labute approximate surface area is 113 Å². The molecule has 2 bridgehead atoms. The maximum absolute atomic E-state index is 6.03. The molecule has 3 fully saturated rings. The van der Waals surface area contributed by atoms with Crippen LogP contribution in [0.2, 0.25) is 0 Å². The van der Waals surface area contributed by atoms with Crippen LogP contribution in [0.1, 0.15) is 30.0 Å². The lowest BCUT2D eigenvalue weighted by atomic mass is 9.76. The van der Waals surface area contributed by atoms with E-state index in [0.717, 1.165) is 5.92 Å². The van der Waals surface area contributed by atoms with Crippen LogP contribution in [0.4, 0.5) is 0 Å². The van der Waals surface area contributed by atoms with Gasteiger partial charge in [0.1, 0.15) is 0 Å². The number of hydrogen-bond acceptors (Lipinski definition) is 2. The minimum absolute atomic E-state index is 0.641. The molecule has 0 amide bonds. The average molecular weight is 255 g/mol. The second-order valence-electron chi connectivity index (χ2n) is 6.01. The summed E-state index contributed by atoms with van der Waals surface area (Å²) >= 11 is 0. The van der Waals surface area contributed by atoms with Crippen molar-refractivity contribution in [2.45, 2.75) is 25.3 Å². The SMILES string of the molecule is NCc1c(C2CN3CCC2CC3)[nH]c2ccccc12. The molecule has 3 N–H and O–H groups in total. The third kappa shape index (κ3) is 1.72. The molecule has 1 aromatic heterocycles. The summed E-state index contributed by atoms with van der Waals surface area (Å²) in [6.45, 7) is 4.44. The smallest absolute Gasteiger partial charge is 0.0459 e. The Morgan fingerprint density at radius 1 is 1.21 bits per heavy atom. The van der Waals surface area contributed by atoms with Crippen LogP contribution in [-0.2, 0) is 6.54 Å². The largest absolute Gasteiger partial charge is 0.358 e. The van der Waals surface area contributed by atoms with Crippen LogP contribution in [0.5, 0.6) is 0 Å². The van der Waals surface area contributed by atoms with E-state index < -0.39 is 0 Å². The summed E-state index contributed by atoms with van der Waals surface area (Å²) in [6, 6.07) is 8.56. The van der Waals surface area contributed by atoms with Crippen LogP contribution in [0, 0.1) is 5.92 Å². The second-order valence-corrected chi connectivity index (χ2v) is 6.01. The van der Waals surface area contributed by atoms with Crippen molar-refractivity contribution in [3.8, 4) is 0 Å². The van der Waals surface area contributed by atoms with Gasteiger partial charge in [-0.1, -0.05) is 18.2 Å². The van der Waals surface area contributed by atoms with Gasteiger partial charge < -0.3 is 15.6 Å². The zero-order valence-electron chi connectivity index (χ0n) is 11.2. The molecule has 1 aromatic carbocycles. The monoisotopic (exact) mass is 255 g/mol. The first-order valence-electron chi connectivity index (χ1n) is 7.38. The number of para-hydroxylation sites is 1. The molecule has 0 spiro atoms. The van der Waals surface area contributed by atoms with Gasteiger partial charge >= 0.3 is 0 Å². The van der Waals surface area contributed by atoms with Crippen LogP contribution in [0.25, 0.3) is 10.9 Å². The zero-order valence-corrected chi connectivity index (χ0v) is 11.2. The topological polar surface area (TPSA) is 45.0 Å². The molecule has 3 nitrogen and oxygen atoms in total. The van der Waals surface area contributed by atoms with E-state index in [0.29, 0.717) is 12.5 Å². The van der Waals surface area contributed by atoms with Crippen LogP contribution in [0.15, 0.2) is 24.3 Å². The van der Waals surface area contributed by atoms with E-state index in [-0.39, 0.29) is 0 Å². The number of rotatable bonds is 2. The summed E-state index contributed by atoms with van der Waals surface area (Å²) in [5.41, 5.74) is 10.0. The minimum atomic E-state index is 0.641. The van der Waals surface area contributed by atoms with Gasteiger partial charge in [0.05, 0.1) is 0 Å². The van der Waals surface area contributed by atoms with E-state index in [1.807, 2.05) is 0 Å². The normalized spacial score (nSPS) is 30.1. The van der Waals surface area contributed by atoms with Gasteiger partial charge in [0.2, 0.25) is 0 Å².